The highest BCUT2D eigenvalue weighted by atomic mass is 32.2. The van der Waals surface area contributed by atoms with E-state index in [1.54, 1.807) is 0 Å². The lowest BCUT2D eigenvalue weighted by Gasteiger charge is -2.14. The number of ether oxygens (including phenoxy) is 1. The summed E-state index contributed by atoms with van der Waals surface area (Å²) in [6.07, 6.45) is 1.26. The monoisotopic (exact) mass is 342 g/mol. The van der Waals surface area contributed by atoms with Gasteiger partial charge in [-0.3, -0.25) is 9.69 Å². The molecule has 0 spiro atoms. The summed E-state index contributed by atoms with van der Waals surface area (Å²) in [5.41, 5.74) is 0.531. The first kappa shape index (κ1) is 15.9. The first-order valence-corrected chi connectivity index (χ1v) is 9.10. The van der Waals surface area contributed by atoms with Crippen LogP contribution in [0.1, 0.15) is 12.6 Å². The third-order valence-electron chi connectivity index (χ3n) is 3.53. The van der Waals surface area contributed by atoms with Crippen molar-refractivity contribution >= 4 is 28.1 Å². The Hall–Kier alpha value is -1.00. The lowest BCUT2D eigenvalue weighted by Crippen LogP contribution is -2.26. The fraction of sp³-hybridized carbons (Fsp3) is 0.615. The van der Waals surface area contributed by atoms with Gasteiger partial charge >= 0.3 is 0 Å². The first-order valence-electron chi connectivity index (χ1n) is 7.06. The third kappa shape index (κ3) is 3.18. The lowest BCUT2D eigenvalue weighted by molar-refractivity contribution is -0.00245. The maximum atomic E-state index is 12.1. The van der Waals surface area contributed by atoms with E-state index in [0.29, 0.717) is 36.9 Å². The minimum atomic E-state index is -0.490. The summed E-state index contributed by atoms with van der Waals surface area (Å²) in [5, 5.41) is 14.2. The lowest BCUT2D eigenvalue weighted by atomic mass is 10.3. The number of thioether (sulfide) groups is 1. The number of β-amino-alcohol motifs (C(OH)–C–C–N with tert-alkyl or cyclic N) is 1. The zero-order valence-electron chi connectivity index (χ0n) is 12.4. The Morgan fingerprint density at radius 1 is 1.55 bits per heavy atom. The molecule has 0 unspecified atom stereocenters. The molecule has 9 heteroatoms. The summed E-state index contributed by atoms with van der Waals surface area (Å²) in [6.45, 7) is 4.20. The van der Waals surface area contributed by atoms with E-state index in [1.807, 2.05) is 13.2 Å². The first-order chi connectivity index (χ1) is 10.6. The van der Waals surface area contributed by atoms with E-state index >= 15 is 0 Å². The predicted octanol–water partition coefficient (Wildman–Crippen LogP) is 0.454. The molecule has 0 aliphatic carbocycles. The van der Waals surface area contributed by atoms with Crippen molar-refractivity contribution in [3.05, 3.63) is 22.1 Å². The molecule has 1 saturated heterocycles. The number of aliphatic hydroxyl groups is 1. The molecule has 0 amide bonds. The van der Waals surface area contributed by atoms with Crippen LogP contribution >= 0.6 is 23.1 Å². The van der Waals surface area contributed by atoms with Crippen molar-refractivity contribution in [1.82, 2.24) is 19.5 Å². The SMILES string of the molecule is CCO[C@H]1CN(Cc2cc(=O)n3nc(SC)sc3n2)C[C@@H]1O. The maximum Gasteiger partial charge on any atom is 0.275 e. The van der Waals surface area contributed by atoms with Crippen LogP contribution in [0, 0.1) is 0 Å². The zero-order chi connectivity index (χ0) is 15.7. The zero-order valence-corrected chi connectivity index (χ0v) is 14.1. The Morgan fingerprint density at radius 2 is 2.36 bits per heavy atom. The molecule has 0 aromatic carbocycles. The Labute approximate surface area is 135 Å². The van der Waals surface area contributed by atoms with Gasteiger partial charge in [0.25, 0.3) is 5.56 Å². The van der Waals surface area contributed by atoms with Crippen molar-refractivity contribution in [3.8, 4) is 0 Å². The van der Waals surface area contributed by atoms with Gasteiger partial charge in [-0.15, -0.1) is 5.10 Å². The Bertz CT molecular complexity index is 717. The van der Waals surface area contributed by atoms with Crippen molar-refractivity contribution in [3.63, 3.8) is 0 Å². The van der Waals surface area contributed by atoms with Crippen molar-refractivity contribution in [2.45, 2.75) is 30.0 Å². The van der Waals surface area contributed by atoms with Crippen LogP contribution in [-0.2, 0) is 11.3 Å². The van der Waals surface area contributed by atoms with E-state index in [0.717, 1.165) is 4.34 Å². The highest BCUT2D eigenvalue weighted by Crippen LogP contribution is 2.21. The van der Waals surface area contributed by atoms with Gasteiger partial charge in [0.15, 0.2) is 4.34 Å². The quantitative estimate of drug-likeness (QED) is 0.791. The average Bonchev–Trinajstić information content (AvgIpc) is 3.04. The molecule has 3 heterocycles. The second kappa shape index (κ2) is 6.63. The van der Waals surface area contributed by atoms with Gasteiger partial charge in [0.1, 0.15) is 0 Å². The highest BCUT2D eigenvalue weighted by molar-refractivity contribution is 8.00. The van der Waals surface area contributed by atoms with Crippen LogP contribution in [-0.4, -0.2) is 62.8 Å². The molecule has 1 fully saturated rings. The number of rotatable bonds is 5. The van der Waals surface area contributed by atoms with Crippen LogP contribution in [0.4, 0.5) is 0 Å². The topological polar surface area (TPSA) is 80.0 Å². The molecule has 1 N–H and O–H groups in total. The molecule has 3 rings (SSSR count). The number of fused-ring (bicyclic) bond motifs is 1. The fourth-order valence-corrected chi connectivity index (χ4v) is 3.95. The minimum Gasteiger partial charge on any atom is -0.389 e. The van der Waals surface area contributed by atoms with E-state index in [2.05, 4.69) is 15.0 Å². The van der Waals surface area contributed by atoms with Crippen LogP contribution in [0.25, 0.3) is 4.96 Å². The van der Waals surface area contributed by atoms with Crippen LogP contribution in [0.5, 0.6) is 0 Å². The predicted molar refractivity (Wildman–Crippen MR) is 85.6 cm³/mol. The van der Waals surface area contributed by atoms with Gasteiger partial charge in [0.2, 0.25) is 4.96 Å². The van der Waals surface area contributed by atoms with Crippen LogP contribution in [0.2, 0.25) is 0 Å². The second-order valence-electron chi connectivity index (χ2n) is 5.11. The molecule has 0 radical (unpaired) electrons. The second-order valence-corrected chi connectivity index (χ2v) is 7.12. The molecule has 0 saturated carbocycles. The Morgan fingerprint density at radius 3 is 3.09 bits per heavy atom. The van der Waals surface area contributed by atoms with Gasteiger partial charge in [-0.1, -0.05) is 23.1 Å². The molecular weight excluding hydrogens is 324 g/mol. The van der Waals surface area contributed by atoms with Crippen molar-refractivity contribution < 1.29 is 9.84 Å². The van der Waals surface area contributed by atoms with Gasteiger partial charge in [-0.25, -0.2) is 4.98 Å². The number of aliphatic hydroxyl groups excluding tert-OH is 1. The molecule has 2 atom stereocenters. The fourth-order valence-electron chi connectivity index (χ4n) is 2.57. The van der Waals surface area contributed by atoms with E-state index in [1.165, 1.54) is 33.7 Å². The number of likely N-dealkylation sites (tertiary alicyclic amines) is 1. The highest BCUT2D eigenvalue weighted by Gasteiger charge is 2.31. The third-order valence-corrected chi connectivity index (χ3v) is 5.42. The largest absolute Gasteiger partial charge is 0.389 e. The molecule has 1 aliphatic rings. The van der Waals surface area contributed by atoms with Crippen molar-refractivity contribution in [2.24, 2.45) is 0 Å². The molecule has 2 aromatic heterocycles. The summed E-state index contributed by atoms with van der Waals surface area (Å²) in [4.78, 5) is 19.3. The van der Waals surface area contributed by atoms with Crippen molar-refractivity contribution in [2.75, 3.05) is 26.0 Å². The van der Waals surface area contributed by atoms with Crippen LogP contribution in [0.3, 0.4) is 0 Å². The van der Waals surface area contributed by atoms with Crippen molar-refractivity contribution in [1.29, 1.82) is 0 Å². The van der Waals surface area contributed by atoms with Crippen LogP contribution < -0.4 is 5.56 Å². The minimum absolute atomic E-state index is 0.165. The molecule has 1 aliphatic heterocycles. The molecule has 22 heavy (non-hydrogen) atoms. The van der Waals surface area contributed by atoms with E-state index in [4.69, 9.17) is 4.74 Å². The Balaban J connectivity index is 1.78. The normalized spacial score (nSPS) is 22.7. The Kier molecular flexibility index (Phi) is 4.79. The van der Waals surface area contributed by atoms with Gasteiger partial charge in [-0.05, 0) is 13.2 Å². The maximum absolute atomic E-state index is 12.1. The molecule has 2 aromatic rings. The van der Waals surface area contributed by atoms with Crippen LogP contribution in [0.15, 0.2) is 15.2 Å². The summed E-state index contributed by atoms with van der Waals surface area (Å²) < 4.78 is 7.66. The molecule has 120 valence electrons. The summed E-state index contributed by atoms with van der Waals surface area (Å²) in [7, 11) is 0. The summed E-state index contributed by atoms with van der Waals surface area (Å²) >= 11 is 2.90. The number of hydrogen-bond acceptors (Lipinski definition) is 8. The van der Waals surface area contributed by atoms with E-state index < -0.39 is 6.10 Å². The van der Waals surface area contributed by atoms with Gasteiger partial charge in [-0.2, -0.15) is 4.52 Å². The molecule has 7 nitrogen and oxygen atoms in total. The van der Waals surface area contributed by atoms with Gasteiger partial charge < -0.3 is 9.84 Å². The standard InChI is InChI=1S/C13H18N4O3S2/c1-3-20-10-7-16(6-9(10)18)5-8-4-11(19)17-12(14-8)22-13(15-17)21-2/h4,9-10,18H,3,5-7H2,1-2H3/t9-,10-/m0/s1. The molecule has 0 bridgehead atoms. The smallest absolute Gasteiger partial charge is 0.275 e. The average molecular weight is 342 g/mol. The number of hydrogen-bond donors (Lipinski definition) is 1. The van der Waals surface area contributed by atoms with E-state index in [9.17, 15) is 9.90 Å². The van der Waals surface area contributed by atoms with Gasteiger partial charge in [0.05, 0.1) is 17.9 Å². The van der Waals surface area contributed by atoms with Gasteiger partial charge in [0, 0.05) is 32.3 Å². The summed E-state index contributed by atoms with van der Waals surface area (Å²) in [6, 6.07) is 1.51. The molecular formula is C13H18N4O3S2. The van der Waals surface area contributed by atoms with E-state index in [-0.39, 0.29) is 11.7 Å². The summed E-state index contributed by atoms with van der Waals surface area (Å²) in [5.74, 6) is 0. The number of nitrogens with zero attached hydrogens (tertiary/aromatic N) is 4. The number of aromatic nitrogens is 3.